The molecule has 2 unspecified atom stereocenters. The van der Waals surface area contributed by atoms with Crippen molar-refractivity contribution in [1.29, 1.82) is 0 Å². The average Bonchev–Trinajstić information content (AvgIpc) is 2.89. The minimum absolute atomic E-state index is 0.121. The molecule has 0 aromatic heterocycles. The van der Waals surface area contributed by atoms with Crippen LogP contribution >= 0.6 is 11.6 Å². The summed E-state index contributed by atoms with van der Waals surface area (Å²) in [7, 11) is 0. The Labute approximate surface area is 115 Å². The van der Waals surface area contributed by atoms with Crippen molar-refractivity contribution in [3.63, 3.8) is 0 Å². The Bertz CT molecular complexity index is 352. The molecule has 0 radical (unpaired) electrons. The number of halogens is 1. The average molecular weight is 267 g/mol. The van der Waals surface area contributed by atoms with Gasteiger partial charge in [-0.05, 0) is 42.7 Å². The van der Waals surface area contributed by atoms with Crippen LogP contribution in [-0.2, 0) is 4.74 Å². The molecule has 1 saturated heterocycles. The molecule has 18 heavy (non-hydrogen) atoms. The molecule has 1 aromatic carbocycles. The highest BCUT2D eigenvalue weighted by Gasteiger charge is 2.17. The quantitative estimate of drug-likeness (QED) is 0.678. The summed E-state index contributed by atoms with van der Waals surface area (Å²) < 4.78 is 5.63. The predicted octanol–water partition coefficient (Wildman–Crippen LogP) is 5.05. The van der Waals surface area contributed by atoms with Crippen LogP contribution in [0.1, 0.15) is 62.0 Å². The predicted molar refractivity (Wildman–Crippen MR) is 77.3 cm³/mol. The maximum Gasteiger partial charge on any atom is 0.0586 e. The van der Waals surface area contributed by atoms with Crippen LogP contribution in [0.5, 0.6) is 0 Å². The fourth-order valence-corrected chi connectivity index (χ4v) is 2.73. The first-order valence-electron chi connectivity index (χ1n) is 7.02. The highest BCUT2D eigenvalue weighted by Crippen LogP contribution is 2.29. The lowest BCUT2D eigenvalue weighted by Gasteiger charge is -2.14. The first-order valence-corrected chi connectivity index (χ1v) is 7.46. The van der Waals surface area contributed by atoms with Gasteiger partial charge in [0.25, 0.3) is 0 Å². The van der Waals surface area contributed by atoms with Crippen molar-refractivity contribution in [3.8, 4) is 0 Å². The Hall–Kier alpha value is -0.530. The van der Waals surface area contributed by atoms with Crippen molar-refractivity contribution in [2.24, 2.45) is 0 Å². The lowest BCUT2D eigenvalue weighted by atomic mass is 9.99. The van der Waals surface area contributed by atoms with Gasteiger partial charge in [-0.15, -0.1) is 11.6 Å². The molecule has 1 aliphatic rings. The molecule has 1 aliphatic heterocycles. The summed E-state index contributed by atoms with van der Waals surface area (Å²) in [5.74, 6) is 0.583. The van der Waals surface area contributed by atoms with Gasteiger partial charge in [-0.3, -0.25) is 0 Å². The lowest BCUT2D eigenvalue weighted by Crippen LogP contribution is -2.06. The van der Waals surface area contributed by atoms with Crippen LogP contribution in [0.2, 0.25) is 0 Å². The van der Waals surface area contributed by atoms with E-state index in [1.54, 1.807) is 0 Å². The second-order valence-electron chi connectivity index (χ2n) is 5.50. The van der Waals surface area contributed by atoms with Crippen molar-refractivity contribution in [1.82, 2.24) is 0 Å². The van der Waals surface area contributed by atoms with Crippen LogP contribution in [0.4, 0.5) is 0 Å². The van der Waals surface area contributed by atoms with Gasteiger partial charge in [-0.2, -0.15) is 0 Å². The largest absolute Gasteiger partial charge is 0.378 e. The molecule has 2 rings (SSSR count). The summed E-state index contributed by atoms with van der Waals surface area (Å²) in [6, 6.07) is 8.73. The van der Waals surface area contributed by atoms with Gasteiger partial charge in [-0.25, -0.2) is 0 Å². The number of benzene rings is 1. The van der Waals surface area contributed by atoms with E-state index in [1.807, 2.05) is 0 Å². The van der Waals surface area contributed by atoms with E-state index in [2.05, 4.69) is 38.1 Å². The van der Waals surface area contributed by atoms with Gasteiger partial charge < -0.3 is 4.74 Å². The third-order valence-electron chi connectivity index (χ3n) is 3.73. The van der Waals surface area contributed by atoms with Crippen molar-refractivity contribution in [2.45, 2.75) is 56.9 Å². The van der Waals surface area contributed by atoms with Crippen molar-refractivity contribution < 1.29 is 4.74 Å². The Morgan fingerprint density at radius 2 is 1.89 bits per heavy atom. The van der Waals surface area contributed by atoms with Crippen LogP contribution < -0.4 is 0 Å². The van der Waals surface area contributed by atoms with E-state index in [0.717, 1.165) is 19.4 Å². The molecule has 0 saturated carbocycles. The minimum atomic E-state index is 0.121. The lowest BCUT2D eigenvalue weighted by molar-refractivity contribution is 0.102. The summed E-state index contributed by atoms with van der Waals surface area (Å²) in [4.78, 5) is 0. The Kier molecular flexibility index (Phi) is 5.08. The number of hydrogen-bond donors (Lipinski definition) is 0. The summed E-state index contributed by atoms with van der Waals surface area (Å²) in [6.07, 6.45) is 4.95. The zero-order valence-electron chi connectivity index (χ0n) is 11.4. The molecule has 2 heteroatoms. The summed E-state index contributed by atoms with van der Waals surface area (Å²) in [5, 5.41) is 0.121. The van der Waals surface area contributed by atoms with Crippen molar-refractivity contribution >= 4 is 11.6 Å². The smallest absolute Gasteiger partial charge is 0.0586 e. The van der Waals surface area contributed by atoms with Gasteiger partial charge in [0.15, 0.2) is 0 Å². The number of alkyl halides is 1. The standard InChI is InChI=1S/C16H23ClO/c1-12(2)13-5-7-14(8-6-13)16(17)10-9-15-4-3-11-18-15/h5-8,12,15-16H,3-4,9-11H2,1-2H3. The van der Waals surface area contributed by atoms with E-state index in [0.29, 0.717) is 12.0 Å². The molecule has 100 valence electrons. The molecule has 0 amide bonds. The minimum Gasteiger partial charge on any atom is -0.378 e. The number of hydrogen-bond acceptors (Lipinski definition) is 1. The van der Waals surface area contributed by atoms with Gasteiger partial charge in [0.2, 0.25) is 0 Å². The fourth-order valence-electron chi connectivity index (χ4n) is 2.46. The highest BCUT2D eigenvalue weighted by molar-refractivity contribution is 6.20. The molecule has 0 aliphatic carbocycles. The Morgan fingerprint density at radius 3 is 2.44 bits per heavy atom. The molecule has 1 aromatic rings. The fraction of sp³-hybridized carbons (Fsp3) is 0.625. The van der Waals surface area contributed by atoms with Gasteiger partial charge in [0.1, 0.15) is 0 Å². The molecule has 1 fully saturated rings. The van der Waals surface area contributed by atoms with E-state index >= 15 is 0 Å². The number of ether oxygens (including phenoxy) is 1. The molecule has 0 N–H and O–H groups in total. The maximum absolute atomic E-state index is 6.46. The third-order valence-corrected chi connectivity index (χ3v) is 4.20. The summed E-state index contributed by atoms with van der Waals surface area (Å²) in [6.45, 7) is 5.36. The molecule has 1 nitrogen and oxygen atoms in total. The monoisotopic (exact) mass is 266 g/mol. The van der Waals surface area contributed by atoms with E-state index < -0.39 is 0 Å². The summed E-state index contributed by atoms with van der Waals surface area (Å²) >= 11 is 6.46. The highest BCUT2D eigenvalue weighted by atomic mass is 35.5. The van der Waals surface area contributed by atoms with Crippen LogP contribution in [0, 0.1) is 0 Å². The second-order valence-corrected chi connectivity index (χ2v) is 6.03. The van der Waals surface area contributed by atoms with Crippen LogP contribution in [0.3, 0.4) is 0 Å². The second kappa shape index (κ2) is 6.58. The van der Waals surface area contributed by atoms with E-state index in [-0.39, 0.29) is 5.38 Å². The van der Waals surface area contributed by atoms with Gasteiger partial charge in [-0.1, -0.05) is 38.1 Å². The number of rotatable bonds is 5. The molecule has 1 heterocycles. The molecule has 2 atom stereocenters. The molecule has 0 bridgehead atoms. The molecular weight excluding hydrogens is 244 g/mol. The Morgan fingerprint density at radius 1 is 1.22 bits per heavy atom. The van der Waals surface area contributed by atoms with Gasteiger partial charge in [0.05, 0.1) is 11.5 Å². The molecule has 0 spiro atoms. The zero-order valence-corrected chi connectivity index (χ0v) is 12.1. The van der Waals surface area contributed by atoms with Crippen LogP contribution in [-0.4, -0.2) is 12.7 Å². The van der Waals surface area contributed by atoms with E-state index in [4.69, 9.17) is 16.3 Å². The van der Waals surface area contributed by atoms with E-state index in [1.165, 1.54) is 24.0 Å². The topological polar surface area (TPSA) is 9.23 Å². The Balaban J connectivity index is 1.85. The van der Waals surface area contributed by atoms with Crippen molar-refractivity contribution in [2.75, 3.05) is 6.61 Å². The van der Waals surface area contributed by atoms with Gasteiger partial charge >= 0.3 is 0 Å². The normalized spacial score (nSPS) is 21.4. The first kappa shape index (κ1) is 13.9. The zero-order chi connectivity index (χ0) is 13.0. The van der Waals surface area contributed by atoms with Crippen molar-refractivity contribution in [3.05, 3.63) is 35.4 Å². The summed E-state index contributed by atoms with van der Waals surface area (Å²) in [5.41, 5.74) is 2.61. The van der Waals surface area contributed by atoms with Gasteiger partial charge in [0, 0.05) is 6.61 Å². The SMILES string of the molecule is CC(C)c1ccc(C(Cl)CCC2CCCO2)cc1. The van der Waals surface area contributed by atoms with Crippen LogP contribution in [0.15, 0.2) is 24.3 Å². The van der Waals surface area contributed by atoms with E-state index in [9.17, 15) is 0 Å². The maximum atomic E-state index is 6.46. The van der Waals surface area contributed by atoms with Crippen LogP contribution in [0.25, 0.3) is 0 Å². The first-order chi connectivity index (χ1) is 8.66. The third kappa shape index (κ3) is 3.73. The molecular formula is C16H23ClO.